The number of nitrogens with one attached hydrogen (secondary N) is 1. The van der Waals surface area contributed by atoms with Gasteiger partial charge in [-0.25, -0.2) is 0 Å². The number of alkyl halides is 1. The Morgan fingerprint density at radius 3 is 2.71 bits per heavy atom. The summed E-state index contributed by atoms with van der Waals surface area (Å²) in [6.45, 7) is 2.21. The SMILES string of the molecule is ClC1CCCC1CNCCCc1ccccc1. The predicted octanol–water partition coefficient (Wildman–Crippen LogP) is 3.62. The van der Waals surface area contributed by atoms with Crippen molar-refractivity contribution in [3.8, 4) is 0 Å². The normalized spacial score (nSPS) is 24.1. The van der Waals surface area contributed by atoms with Gasteiger partial charge in [0.05, 0.1) is 0 Å². The Morgan fingerprint density at radius 1 is 1.18 bits per heavy atom. The third-order valence-electron chi connectivity index (χ3n) is 3.63. The Labute approximate surface area is 110 Å². The van der Waals surface area contributed by atoms with Crippen molar-refractivity contribution < 1.29 is 0 Å². The van der Waals surface area contributed by atoms with Gasteiger partial charge in [-0.15, -0.1) is 11.6 Å². The third-order valence-corrected chi connectivity index (χ3v) is 4.21. The van der Waals surface area contributed by atoms with Gasteiger partial charge in [0.2, 0.25) is 0 Å². The van der Waals surface area contributed by atoms with Gasteiger partial charge in [-0.1, -0.05) is 36.8 Å². The molecule has 1 aromatic carbocycles. The van der Waals surface area contributed by atoms with E-state index in [1.54, 1.807) is 0 Å². The van der Waals surface area contributed by atoms with Crippen LogP contribution in [-0.2, 0) is 6.42 Å². The van der Waals surface area contributed by atoms with Crippen LogP contribution in [0.25, 0.3) is 0 Å². The van der Waals surface area contributed by atoms with Crippen LogP contribution in [0, 0.1) is 5.92 Å². The van der Waals surface area contributed by atoms with Gasteiger partial charge in [0.15, 0.2) is 0 Å². The van der Waals surface area contributed by atoms with Crippen molar-refractivity contribution in [2.24, 2.45) is 5.92 Å². The molecular weight excluding hydrogens is 230 g/mol. The largest absolute Gasteiger partial charge is 0.316 e. The summed E-state index contributed by atoms with van der Waals surface area (Å²) in [6.07, 6.45) is 6.20. The highest BCUT2D eigenvalue weighted by atomic mass is 35.5. The van der Waals surface area contributed by atoms with E-state index in [0.717, 1.165) is 13.1 Å². The molecule has 0 radical (unpaired) electrons. The molecule has 0 amide bonds. The minimum atomic E-state index is 0.414. The molecule has 1 aromatic rings. The minimum Gasteiger partial charge on any atom is -0.316 e. The average Bonchev–Trinajstić information content (AvgIpc) is 2.76. The molecule has 0 aromatic heterocycles. The first-order chi connectivity index (χ1) is 8.36. The molecule has 0 aliphatic heterocycles. The van der Waals surface area contributed by atoms with Gasteiger partial charge in [-0.05, 0) is 50.3 Å². The molecule has 1 aliphatic carbocycles. The molecular formula is C15H22ClN. The molecule has 1 fully saturated rings. The summed E-state index contributed by atoms with van der Waals surface area (Å²) in [5, 5.41) is 3.96. The molecule has 1 N–H and O–H groups in total. The van der Waals surface area contributed by atoms with E-state index in [0.29, 0.717) is 11.3 Å². The number of hydrogen-bond acceptors (Lipinski definition) is 1. The van der Waals surface area contributed by atoms with Gasteiger partial charge in [-0.2, -0.15) is 0 Å². The van der Waals surface area contributed by atoms with Crippen LogP contribution in [-0.4, -0.2) is 18.5 Å². The van der Waals surface area contributed by atoms with Crippen LogP contribution in [0.15, 0.2) is 30.3 Å². The fourth-order valence-corrected chi connectivity index (χ4v) is 2.94. The van der Waals surface area contributed by atoms with Gasteiger partial charge in [-0.3, -0.25) is 0 Å². The molecule has 0 heterocycles. The van der Waals surface area contributed by atoms with Crippen LogP contribution in [0.4, 0.5) is 0 Å². The maximum Gasteiger partial charge on any atom is 0.0376 e. The number of aryl methyl sites for hydroxylation is 1. The van der Waals surface area contributed by atoms with Crippen LogP contribution >= 0.6 is 11.6 Å². The number of halogens is 1. The fraction of sp³-hybridized carbons (Fsp3) is 0.600. The van der Waals surface area contributed by atoms with Crippen LogP contribution in [0.2, 0.25) is 0 Å². The first-order valence-electron chi connectivity index (χ1n) is 6.75. The molecule has 2 unspecified atom stereocenters. The first-order valence-corrected chi connectivity index (χ1v) is 7.18. The molecule has 2 rings (SSSR count). The van der Waals surface area contributed by atoms with Crippen molar-refractivity contribution in [1.29, 1.82) is 0 Å². The van der Waals surface area contributed by atoms with E-state index in [1.807, 2.05) is 0 Å². The van der Waals surface area contributed by atoms with Gasteiger partial charge in [0.1, 0.15) is 0 Å². The van der Waals surface area contributed by atoms with Crippen molar-refractivity contribution in [1.82, 2.24) is 5.32 Å². The van der Waals surface area contributed by atoms with E-state index >= 15 is 0 Å². The number of hydrogen-bond donors (Lipinski definition) is 1. The number of benzene rings is 1. The Morgan fingerprint density at radius 2 is 2.00 bits per heavy atom. The highest BCUT2D eigenvalue weighted by Gasteiger charge is 2.24. The molecule has 1 aliphatic rings. The van der Waals surface area contributed by atoms with E-state index < -0.39 is 0 Å². The molecule has 2 heteroatoms. The third kappa shape index (κ3) is 4.33. The van der Waals surface area contributed by atoms with Crippen LogP contribution in [0.1, 0.15) is 31.2 Å². The zero-order valence-electron chi connectivity index (χ0n) is 10.4. The Kier molecular flexibility index (Phi) is 5.34. The summed E-state index contributed by atoms with van der Waals surface area (Å²) in [4.78, 5) is 0. The summed E-state index contributed by atoms with van der Waals surface area (Å²) < 4.78 is 0. The first kappa shape index (κ1) is 12.9. The molecule has 0 spiro atoms. The second-order valence-corrected chi connectivity index (χ2v) is 5.56. The average molecular weight is 252 g/mol. The zero-order valence-corrected chi connectivity index (χ0v) is 11.1. The topological polar surface area (TPSA) is 12.0 Å². The highest BCUT2D eigenvalue weighted by molar-refractivity contribution is 6.20. The van der Waals surface area contributed by atoms with Crippen LogP contribution in [0.3, 0.4) is 0 Å². The van der Waals surface area contributed by atoms with Gasteiger partial charge in [0.25, 0.3) is 0 Å². The standard InChI is InChI=1S/C15H22ClN/c16-15-10-4-9-14(15)12-17-11-5-8-13-6-2-1-3-7-13/h1-3,6-7,14-15,17H,4-5,8-12H2. The predicted molar refractivity (Wildman–Crippen MR) is 74.6 cm³/mol. The molecule has 2 atom stereocenters. The van der Waals surface area contributed by atoms with Gasteiger partial charge in [0, 0.05) is 5.38 Å². The Hall–Kier alpha value is -0.530. The lowest BCUT2D eigenvalue weighted by atomic mass is 10.1. The summed E-state index contributed by atoms with van der Waals surface area (Å²) in [5.41, 5.74) is 1.44. The fourth-order valence-electron chi connectivity index (χ4n) is 2.57. The van der Waals surface area contributed by atoms with Crippen molar-refractivity contribution in [2.75, 3.05) is 13.1 Å². The quantitative estimate of drug-likeness (QED) is 0.602. The lowest BCUT2D eigenvalue weighted by molar-refractivity contribution is 0.490. The Bertz CT molecular complexity index is 312. The lowest BCUT2D eigenvalue weighted by Crippen LogP contribution is -2.26. The molecule has 0 bridgehead atoms. The van der Waals surface area contributed by atoms with Gasteiger partial charge >= 0.3 is 0 Å². The van der Waals surface area contributed by atoms with E-state index in [2.05, 4.69) is 35.6 Å². The van der Waals surface area contributed by atoms with Crippen molar-refractivity contribution in [2.45, 2.75) is 37.5 Å². The van der Waals surface area contributed by atoms with E-state index in [-0.39, 0.29) is 0 Å². The maximum absolute atomic E-state index is 6.25. The smallest absolute Gasteiger partial charge is 0.0376 e. The molecule has 94 valence electrons. The molecule has 1 saturated carbocycles. The van der Waals surface area contributed by atoms with Gasteiger partial charge < -0.3 is 5.32 Å². The monoisotopic (exact) mass is 251 g/mol. The van der Waals surface area contributed by atoms with Crippen LogP contribution in [0.5, 0.6) is 0 Å². The molecule has 1 nitrogen and oxygen atoms in total. The second-order valence-electron chi connectivity index (χ2n) is 5.00. The van der Waals surface area contributed by atoms with E-state index in [9.17, 15) is 0 Å². The zero-order chi connectivity index (χ0) is 11.9. The van der Waals surface area contributed by atoms with Crippen molar-refractivity contribution >= 4 is 11.6 Å². The maximum atomic E-state index is 6.25. The minimum absolute atomic E-state index is 0.414. The summed E-state index contributed by atoms with van der Waals surface area (Å²) >= 11 is 6.25. The highest BCUT2D eigenvalue weighted by Crippen LogP contribution is 2.29. The Balaban J connectivity index is 1.55. The lowest BCUT2D eigenvalue weighted by Gasteiger charge is -2.14. The van der Waals surface area contributed by atoms with Crippen molar-refractivity contribution in [3.05, 3.63) is 35.9 Å². The summed E-state index contributed by atoms with van der Waals surface area (Å²) in [7, 11) is 0. The van der Waals surface area contributed by atoms with Crippen LogP contribution < -0.4 is 5.32 Å². The number of rotatable bonds is 6. The molecule has 0 saturated heterocycles. The summed E-state index contributed by atoms with van der Waals surface area (Å²) in [5.74, 6) is 0.702. The second kappa shape index (κ2) is 7.03. The summed E-state index contributed by atoms with van der Waals surface area (Å²) in [6, 6.07) is 10.7. The molecule has 17 heavy (non-hydrogen) atoms. The van der Waals surface area contributed by atoms with E-state index in [4.69, 9.17) is 11.6 Å². The van der Waals surface area contributed by atoms with E-state index in [1.165, 1.54) is 37.7 Å². The van der Waals surface area contributed by atoms with Crippen molar-refractivity contribution in [3.63, 3.8) is 0 Å².